The molecule has 0 bridgehead atoms. The summed E-state index contributed by atoms with van der Waals surface area (Å²) >= 11 is 1.67. The van der Waals surface area contributed by atoms with Gasteiger partial charge in [-0.3, -0.25) is 4.79 Å². The lowest BCUT2D eigenvalue weighted by Crippen LogP contribution is -2.30. The average molecular weight is 361 g/mol. The first-order valence-corrected chi connectivity index (χ1v) is 9.16. The van der Waals surface area contributed by atoms with Crippen molar-refractivity contribution in [3.63, 3.8) is 0 Å². The molecule has 1 amide bonds. The van der Waals surface area contributed by atoms with Crippen LogP contribution in [0.1, 0.15) is 33.0 Å². The molecule has 0 aliphatic heterocycles. The zero-order valence-corrected chi connectivity index (χ0v) is 16.0. The number of amides is 1. The third-order valence-electron chi connectivity index (χ3n) is 4.10. The molecule has 0 saturated carbocycles. The minimum atomic E-state index is -0.530. The fourth-order valence-corrected chi connectivity index (χ4v) is 2.90. The van der Waals surface area contributed by atoms with E-state index in [2.05, 4.69) is 0 Å². The minimum absolute atomic E-state index is 0.252. The minimum Gasteiger partial charge on any atom is -0.465 e. The highest BCUT2D eigenvalue weighted by Crippen LogP contribution is 2.21. The number of rotatable bonds is 6. The highest BCUT2D eigenvalue weighted by Gasteiger charge is 2.21. The molecular weight excluding hydrogens is 338 g/mol. The second-order valence-electron chi connectivity index (χ2n) is 5.89. The van der Waals surface area contributed by atoms with Crippen LogP contribution in [0, 0.1) is 20.8 Å². The van der Waals surface area contributed by atoms with Crippen LogP contribution in [0.3, 0.4) is 0 Å². The highest BCUT2D eigenvalue weighted by atomic mass is 32.2. The summed E-state index contributed by atoms with van der Waals surface area (Å²) in [7, 11) is 1.69. The third-order valence-corrected chi connectivity index (χ3v) is 4.84. The number of thioether (sulfide) groups is 1. The van der Waals surface area contributed by atoms with E-state index in [0.717, 1.165) is 11.1 Å². The predicted molar refractivity (Wildman–Crippen MR) is 97.9 cm³/mol. The van der Waals surface area contributed by atoms with E-state index < -0.39 is 5.97 Å². The molecule has 1 heterocycles. The number of carbonyl (C=O) groups excluding carboxylic acids is 2. The van der Waals surface area contributed by atoms with Gasteiger partial charge < -0.3 is 14.1 Å². The van der Waals surface area contributed by atoms with Crippen LogP contribution in [0.4, 0.5) is 0 Å². The SMILES string of the molecule is CSc1ccc(CN(C)C(=O)COC(=O)c2c(C)oc(C)c2C)cc1. The van der Waals surface area contributed by atoms with Gasteiger partial charge in [0.05, 0.1) is 0 Å². The number of likely N-dealkylation sites (N-methyl/N-ethyl adjacent to an activating group) is 1. The molecule has 25 heavy (non-hydrogen) atoms. The number of esters is 1. The molecule has 0 aliphatic rings. The first-order chi connectivity index (χ1) is 11.8. The van der Waals surface area contributed by atoms with Crippen LogP contribution in [-0.4, -0.2) is 36.7 Å². The maximum atomic E-state index is 12.2. The number of hydrogen-bond acceptors (Lipinski definition) is 5. The van der Waals surface area contributed by atoms with Gasteiger partial charge in [-0.25, -0.2) is 4.79 Å². The van der Waals surface area contributed by atoms with Crippen LogP contribution in [-0.2, 0) is 16.1 Å². The van der Waals surface area contributed by atoms with Crippen LogP contribution in [0.2, 0.25) is 0 Å². The molecule has 134 valence electrons. The van der Waals surface area contributed by atoms with Crippen molar-refractivity contribution in [3.05, 3.63) is 52.5 Å². The van der Waals surface area contributed by atoms with Crippen molar-refractivity contribution in [2.45, 2.75) is 32.2 Å². The topological polar surface area (TPSA) is 59.8 Å². The lowest BCUT2D eigenvalue weighted by atomic mass is 10.1. The number of nitrogens with zero attached hydrogens (tertiary/aromatic N) is 1. The quantitative estimate of drug-likeness (QED) is 0.579. The van der Waals surface area contributed by atoms with Crippen molar-refractivity contribution in [2.75, 3.05) is 19.9 Å². The van der Waals surface area contributed by atoms with Gasteiger partial charge in [0, 0.05) is 24.1 Å². The second kappa shape index (κ2) is 8.25. The van der Waals surface area contributed by atoms with E-state index in [0.29, 0.717) is 23.6 Å². The molecule has 0 N–H and O–H groups in total. The molecule has 0 aliphatic carbocycles. The van der Waals surface area contributed by atoms with E-state index >= 15 is 0 Å². The zero-order chi connectivity index (χ0) is 18.6. The molecule has 2 aromatic rings. The molecule has 5 nitrogen and oxygen atoms in total. The molecule has 0 atom stereocenters. The van der Waals surface area contributed by atoms with Crippen molar-refractivity contribution >= 4 is 23.6 Å². The number of benzene rings is 1. The van der Waals surface area contributed by atoms with Crippen molar-refractivity contribution in [1.82, 2.24) is 4.90 Å². The molecular formula is C19H23NO4S. The van der Waals surface area contributed by atoms with E-state index in [-0.39, 0.29) is 12.5 Å². The van der Waals surface area contributed by atoms with Crippen LogP contribution in [0.15, 0.2) is 33.6 Å². The molecule has 0 radical (unpaired) electrons. The van der Waals surface area contributed by atoms with Crippen molar-refractivity contribution in [2.24, 2.45) is 0 Å². The molecule has 0 spiro atoms. The van der Waals surface area contributed by atoms with E-state index in [4.69, 9.17) is 9.15 Å². The van der Waals surface area contributed by atoms with E-state index in [1.165, 1.54) is 4.90 Å². The summed E-state index contributed by atoms with van der Waals surface area (Å²) in [4.78, 5) is 27.1. The maximum Gasteiger partial charge on any atom is 0.342 e. The van der Waals surface area contributed by atoms with E-state index in [1.807, 2.05) is 30.5 Å². The summed E-state index contributed by atoms with van der Waals surface area (Å²) in [5.41, 5.74) is 2.18. The normalized spacial score (nSPS) is 10.6. The predicted octanol–water partition coefficient (Wildman–Crippen LogP) is 3.74. The first kappa shape index (κ1) is 19.1. The number of ether oxygens (including phenoxy) is 1. The Labute approximate surface area is 152 Å². The molecule has 6 heteroatoms. The molecule has 2 rings (SSSR count). The van der Waals surface area contributed by atoms with Gasteiger partial charge in [0.25, 0.3) is 5.91 Å². The Morgan fingerprint density at radius 2 is 1.76 bits per heavy atom. The number of carbonyl (C=O) groups is 2. The van der Waals surface area contributed by atoms with Crippen molar-refractivity contribution in [3.8, 4) is 0 Å². The van der Waals surface area contributed by atoms with Crippen molar-refractivity contribution < 1.29 is 18.7 Å². The Balaban J connectivity index is 1.91. The molecule has 0 saturated heterocycles. The van der Waals surface area contributed by atoms with Gasteiger partial charge >= 0.3 is 5.97 Å². The van der Waals surface area contributed by atoms with Crippen LogP contribution in [0.25, 0.3) is 0 Å². The fraction of sp³-hybridized carbons (Fsp3) is 0.368. The van der Waals surface area contributed by atoms with E-state index in [1.54, 1.807) is 44.5 Å². The fourth-order valence-electron chi connectivity index (χ4n) is 2.50. The van der Waals surface area contributed by atoms with Crippen LogP contribution < -0.4 is 0 Å². The number of hydrogen-bond donors (Lipinski definition) is 0. The lowest BCUT2D eigenvalue weighted by molar-refractivity contribution is -0.133. The Morgan fingerprint density at radius 1 is 1.12 bits per heavy atom. The number of aryl methyl sites for hydroxylation is 2. The summed E-state index contributed by atoms with van der Waals surface area (Å²) in [5.74, 6) is 0.409. The Morgan fingerprint density at radius 3 is 2.28 bits per heavy atom. The Hall–Kier alpha value is -2.21. The smallest absolute Gasteiger partial charge is 0.342 e. The summed E-state index contributed by atoms with van der Waals surface area (Å²) in [6, 6.07) is 8.02. The second-order valence-corrected chi connectivity index (χ2v) is 6.77. The standard InChI is InChI=1S/C19H23NO4S/c1-12-13(2)24-14(3)18(12)19(22)23-11-17(21)20(4)10-15-6-8-16(25-5)9-7-15/h6-9H,10-11H2,1-5H3. The van der Waals surface area contributed by atoms with Crippen molar-refractivity contribution in [1.29, 1.82) is 0 Å². The summed E-state index contributed by atoms with van der Waals surface area (Å²) in [6.45, 7) is 5.48. The third kappa shape index (κ3) is 4.66. The van der Waals surface area contributed by atoms with Crippen LogP contribution >= 0.6 is 11.8 Å². The average Bonchev–Trinajstić information content (AvgIpc) is 2.85. The molecule has 1 aromatic heterocycles. The summed E-state index contributed by atoms with van der Waals surface area (Å²) in [6.07, 6.45) is 2.02. The monoisotopic (exact) mass is 361 g/mol. The van der Waals surface area contributed by atoms with Gasteiger partial charge in [0.1, 0.15) is 17.1 Å². The Kier molecular flexibility index (Phi) is 6.31. The van der Waals surface area contributed by atoms with Gasteiger partial charge in [0.15, 0.2) is 6.61 Å². The van der Waals surface area contributed by atoms with Crippen LogP contribution in [0.5, 0.6) is 0 Å². The van der Waals surface area contributed by atoms with Gasteiger partial charge in [-0.2, -0.15) is 0 Å². The van der Waals surface area contributed by atoms with Gasteiger partial charge in [-0.05, 0) is 44.7 Å². The first-order valence-electron chi connectivity index (χ1n) is 7.94. The van der Waals surface area contributed by atoms with Gasteiger partial charge in [-0.15, -0.1) is 11.8 Å². The lowest BCUT2D eigenvalue weighted by Gasteiger charge is -2.17. The Bertz CT molecular complexity index is 764. The molecule has 1 aromatic carbocycles. The van der Waals surface area contributed by atoms with Gasteiger partial charge in [-0.1, -0.05) is 12.1 Å². The summed E-state index contributed by atoms with van der Waals surface area (Å²) in [5, 5.41) is 0. The van der Waals surface area contributed by atoms with Gasteiger partial charge in [0.2, 0.25) is 0 Å². The molecule has 0 unspecified atom stereocenters. The summed E-state index contributed by atoms with van der Waals surface area (Å²) < 4.78 is 10.6. The zero-order valence-electron chi connectivity index (χ0n) is 15.2. The number of furan rings is 1. The largest absolute Gasteiger partial charge is 0.465 e. The van der Waals surface area contributed by atoms with E-state index in [9.17, 15) is 9.59 Å². The molecule has 0 fully saturated rings. The highest BCUT2D eigenvalue weighted by molar-refractivity contribution is 7.98. The maximum absolute atomic E-state index is 12.2.